The molecule has 2 aromatic carbocycles. The number of carbonyl (C=O) groups excluding carboxylic acids is 1. The Kier molecular flexibility index (Phi) is 4.34. The smallest absolute Gasteiger partial charge is 0.415 e. The van der Waals surface area contributed by atoms with Crippen LogP contribution in [0.2, 0.25) is 0 Å². The molecule has 2 N–H and O–H groups in total. The fourth-order valence-electron chi connectivity index (χ4n) is 3.53. The van der Waals surface area contributed by atoms with E-state index in [1.165, 1.54) is 11.5 Å². The highest BCUT2D eigenvalue weighted by atomic mass is 32.1. The van der Waals surface area contributed by atoms with Gasteiger partial charge in [0.1, 0.15) is 11.7 Å². The first-order valence-electron chi connectivity index (χ1n) is 9.51. The predicted octanol–water partition coefficient (Wildman–Crippen LogP) is 4.43. The molecule has 1 amide bonds. The van der Waals surface area contributed by atoms with Crippen LogP contribution < -0.4 is 10.2 Å². The Labute approximate surface area is 181 Å². The van der Waals surface area contributed by atoms with Crippen LogP contribution in [0.4, 0.5) is 21.3 Å². The highest BCUT2D eigenvalue weighted by Gasteiger charge is 2.38. The number of hydrogen-bond donors (Lipinski definition) is 2. The van der Waals surface area contributed by atoms with E-state index in [9.17, 15) is 10.1 Å². The second-order valence-corrected chi connectivity index (χ2v) is 8.50. The topological polar surface area (TPSA) is 120 Å². The number of fused-ring (bicyclic) bond motifs is 1. The van der Waals surface area contributed by atoms with Gasteiger partial charge in [0.25, 0.3) is 0 Å². The number of nitrogens with one attached hydrogen (secondary N) is 2. The molecular formula is C21H17N7O2S. The Balaban J connectivity index is 1.42. The summed E-state index contributed by atoms with van der Waals surface area (Å²) in [6.07, 6.45) is 1.26. The van der Waals surface area contributed by atoms with Crippen LogP contribution in [0.25, 0.3) is 22.3 Å². The molecule has 0 saturated carbocycles. The van der Waals surface area contributed by atoms with E-state index in [1.54, 1.807) is 11.1 Å². The van der Waals surface area contributed by atoms with Crippen molar-refractivity contribution >= 4 is 45.0 Å². The summed E-state index contributed by atoms with van der Waals surface area (Å²) >= 11 is 1.19. The summed E-state index contributed by atoms with van der Waals surface area (Å²) in [6.45, 7) is 4.23. The van der Waals surface area contributed by atoms with E-state index in [0.29, 0.717) is 28.8 Å². The minimum Gasteiger partial charge on any atom is -0.441 e. The fourth-order valence-corrected chi connectivity index (χ4v) is 4.13. The zero-order valence-corrected chi connectivity index (χ0v) is 17.5. The van der Waals surface area contributed by atoms with E-state index in [-0.39, 0.29) is 6.09 Å². The van der Waals surface area contributed by atoms with Crippen molar-refractivity contribution < 1.29 is 9.53 Å². The molecule has 0 bridgehead atoms. The number of carbonyl (C=O) groups is 1. The van der Waals surface area contributed by atoms with E-state index in [2.05, 4.69) is 30.9 Å². The molecule has 5 rings (SSSR count). The number of aromatic amines is 1. The maximum atomic E-state index is 12.2. The SMILES string of the molecule is CC1(C)CN(c2cccc(-c3nsc(Nc4ccc5[nH]ncc5c4C#N)n3)c2)C(=O)O1. The Bertz CT molecular complexity index is 1350. The third-order valence-electron chi connectivity index (χ3n) is 4.94. The van der Waals surface area contributed by atoms with Crippen molar-refractivity contribution in [3.05, 3.63) is 48.2 Å². The molecule has 10 heteroatoms. The molecule has 154 valence electrons. The van der Waals surface area contributed by atoms with Crippen molar-refractivity contribution in [2.75, 3.05) is 16.8 Å². The van der Waals surface area contributed by atoms with Crippen molar-refractivity contribution in [2.24, 2.45) is 0 Å². The Morgan fingerprint density at radius 3 is 2.97 bits per heavy atom. The van der Waals surface area contributed by atoms with E-state index in [0.717, 1.165) is 22.2 Å². The van der Waals surface area contributed by atoms with Crippen molar-refractivity contribution in [3.8, 4) is 17.5 Å². The number of ether oxygens (including phenoxy) is 1. The number of benzene rings is 2. The van der Waals surface area contributed by atoms with Crippen LogP contribution in [0.3, 0.4) is 0 Å². The molecular weight excluding hydrogens is 414 g/mol. The van der Waals surface area contributed by atoms with Crippen LogP contribution in [0.5, 0.6) is 0 Å². The van der Waals surface area contributed by atoms with Crippen LogP contribution >= 0.6 is 11.5 Å². The molecule has 1 aliphatic heterocycles. The van der Waals surface area contributed by atoms with Crippen LogP contribution in [-0.2, 0) is 4.74 Å². The number of cyclic esters (lactones) is 1. The second-order valence-electron chi connectivity index (χ2n) is 7.74. The van der Waals surface area contributed by atoms with Gasteiger partial charge >= 0.3 is 6.09 Å². The second kappa shape index (κ2) is 7.07. The van der Waals surface area contributed by atoms with Crippen molar-refractivity contribution in [2.45, 2.75) is 19.4 Å². The zero-order valence-electron chi connectivity index (χ0n) is 16.7. The van der Waals surface area contributed by atoms with Gasteiger partial charge in [-0.25, -0.2) is 4.79 Å². The summed E-state index contributed by atoms with van der Waals surface area (Å²) in [5.41, 5.74) is 2.90. The van der Waals surface area contributed by atoms with E-state index in [4.69, 9.17) is 4.74 Å². The molecule has 2 aromatic heterocycles. The number of H-pyrrole nitrogens is 1. The van der Waals surface area contributed by atoms with Crippen LogP contribution in [0.1, 0.15) is 19.4 Å². The Hall–Kier alpha value is -3.97. The monoisotopic (exact) mass is 431 g/mol. The summed E-state index contributed by atoms with van der Waals surface area (Å²) in [6, 6.07) is 13.4. The minimum atomic E-state index is -0.530. The first-order chi connectivity index (χ1) is 14.9. The van der Waals surface area contributed by atoms with Gasteiger partial charge in [0.15, 0.2) is 5.82 Å². The molecule has 0 spiro atoms. The molecule has 0 aliphatic carbocycles. The van der Waals surface area contributed by atoms with Gasteiger partial charge in [-0.2, -0.15) is 19.7 Å². The first-order valence-corrected chi connectivity index (χ1v) is 10.3. The highest BCUT2D eigenvalue weighted by Crippen LogP contribution is 2.32. The average molecular weight is 431 g/mol. The number of nitrogens with zero attached hydrogens (tertiary/aromatic N) is 5. The summed E-state index contributed by atoms with van der Waals surface area (Å²) < 4.78 is 9.83. The molecule has 1 saturated heterocycles. The minimum absolute atomic E-state index is 0.366. The first kappa shape index (κ1) is 19.0. The molecule has 0 unspecified atom stereocenters. The number of anilines is 3. The lowest BCUT2D eigenvalue weighted by Gasteiger charge is -2.16. The predicted molar refractivity (Wildman–Crippen MR) is 117 cm³/mol. The van der Waals surface area contributed by atoms with Gasteiger partial charge in [-0.05, 0) is 38.1 Å². The van der Waals surface area contributed by atoms with Crippen molar-refractivity contribution in [3.63, 3.8) is 0 Å². The van der Waals surface area contributed by atoms with Crippen LogP contribution in [0, 0.1) is 11.3 Å². The summed E-state index contributed by atoms with van der Waals surface area (Å²) in [5.74, 6) is 0.532. The van der Waals surface area contributed by atoms with Crippen molar-refractivity contribution in [1.29, 1.82) is 5.26 Å². The van der Waals surface area contributed by atoms with Gasteiger partial charge in [-0.3, -0.25) is 10.00 Å². The largest absolute Gasteiger partial charge is 0.441 e. The Morgan fingerprint density at radius 1 is 1.32 bits per heavy atom. The summed E-state index contributed by atoms with van der Waals surface area (Å²) in [7, 11) is 0. The molecule has 9 nitrogen and oxygen atoms in total. The van der Waals surface area contributed by atoms with Crippen molar-refractivity contribution in [1.82, 2.24) is 19.6 Å². The number of hydrogen-bond acceptors (Lipinski definition) is 8. The van der Waals surface area contributed by atoms with Gasteiger partial charge in [-0.15, -0.1) is 0 Å². The lowest BCUT2D eigenvalue weighted by atomic mass is 10.1. The lowest BCUT2D eigenvalue weighted by Crippen LogP contribution is -2.28. The third kappa shape index (κ3) is 3.45. The molecule has 1 aliphatic rings. The summed E-state index contributed by atoms with van der Waals surface area (Å²) in [5, 5.41) is 20.9. The normalized spacial score (nSPS) is 15.1. The van der Waals surface area contributed by atoms with Gasteiger partial charge in [0.2, 0.25) is 5.13 Å². The third-order valence-corrected chi connectivity index (χ3v) is 5.57. The molecule has 4 aromatic rings. The van der Waals surface area contributed by atoms with Gasteiger partial charge in [0.05, 0.1) is 29.5 Å². The van der Waals surface area contributed by atoms with E-state index < -0.39 is 5.60 Å². The summed E-state index contributed by atoms with van der Waals surface area (Å²) in [4.78, 5) is 18.4. The average Bonchev–Trinajstić information content (AvgIpc) is 3.46. The fraction of sp³-hybridized carbons (Fsp3) is 0.190. The molecule has 0 atom stereocenters. The van der Waals surface area contributed by atoms with Gasteiger partial charge < -0.3 is 10.1 Å². The Morgan fingerprint density at radius 2 is 2.19 bits per heavy atom. The lowest BCUT2D eigenvalue weighted by molar-refractivity contribution is 0.0871. The van der Waals surface area contributed by atoms with E-state index in [1.807, 2.05) is 50.2 Å². The number of rotatable bonds is 4. The van der Waals surface area contributed by atoms with E-state index >= 15 is 0 Å². The maximum absolute atomic E-state index is 12.2. The molecule has 1 fully saturated rings. The molecule has 31 heavy (non-hydrogen) atoms. The van der Waals surface area contributed by atoms with Gasteiger partial charge in [-0.1, -0.05) is 12.1 Å². The van der Waals surface area contributed by atoms with Gasteiger partial charge in [0, 0.05) is 28.2 Å². The quantitative estimate of drug-likeness (QED) is 0.490. The molecule has 3 heterocycles. The maximum Gasteiger partial charge on any atom is 0.415 e. The number of aromatic nitrogens is 4. The standard InChI is InChI=1S/C21H17N7O2S/c1-21(2)11-28(20(29)30-21)13-5-3-4-12(8-13)18-25-19(31-27-18)24-16-6-7-17-15(10-23-26-17)14(16)9-22/h3-8,10H,11H2,1-2H3,(H,23,26)(H,24,25,27). The van der Waals surface area contributed by atoms with Crippen LogP contribution in [-0.4, -0.2) is 37.8 Å². The number of nitriles is 1. The highest BCUT2D eigenvalue weighted by molar-refractivity contribution is 7.10. The zero-order chi connectivity index (χ0) is 21.6. The van der Waals surface area contributed by atoms with Crippen LogP contribution in [0.15, 0.2) is 42.6 Å². The molecule has 0 radical (unpaired) electrons. The number of amides is 1.